The summed E-state index contributed by atoms with van der Waals surface area (Å²) in [7, 11) is 0. The normalized spacial score (nSPS) is 10.4. The van der Waals surface area contributed by atoms with E-state index < -0.39 is 5.82 Å². The molecule has 0 saturated carbocycles. The van der Waals surface area contributed by atoms with Crippen LogP contribution in [-0.4, -0.2) is 11.8 Å². The van der Waals surface area contributed by atoms with Gasteiger partial charge in [-0.15, -0.1) is 0 Å². The Morgan fingerprint density at radius 3 is 2.81 bits per heavy atom. The largest absolute Gasteiger partial charge is 0.491 e. The molecule has 1 heterocycles. The maximum atomic E-state index is 13.5. The third kappa shape index (κ3) is 1.98. The van der Waals surface area contributed by atoms with E-state index in [4.69, 9.17) is 15.0 Å². The molecule has 5 heteroatoms. The summed E-state index contributed by atoms with van der Waals surface area (Å²) >= 11 is 0. The van der Waals surface area contributed by atoms with Gasteiger partial charge in [0, 0.05) is 11.6 Å². The molecule has 0 saturated heterocycles. The predicted octanol–water partition coefficient (Wildman–Crippen LogP) is 2.46. The fraction of sp³-hybridized carbons (Fsp3) is 0.182. The number of nitrogens with two attached hydrogens (primary N) is 1. The molecule has 0 spiro atoms. The van der Waals surface area contributed by atoms with Crippen LogP contribution in [0.15, 0.2) is 28.8 Å². The van der Waals surface area contributed by atoms with Gasteiger partial charge in [0.1, 0.15) is 0 Å². The summed E-state index contributed by atoms with van der Waals surface area (Å²) in [5, 5.41) is 3.53. The van der Waals surface area contributed by atoms with Gasteiger partial charge in [0.25, 0.3) is 0 Å². The Balaban J connectivity index is 2.34. The fourth-order valence-electron chi connectivity index (χ4n) is 1.35. The Morgan fingerprint density at radius 2 is 2.25 bits per heavy atom. The maximum Gasteiger partial charge on any atom is 0.169 e. The number of benzene rings is 1. The SMILES string of the molecule is CCOc1ccc(-c2cc(N)no2)cc1F. The monoisotopic (exact) mass is 222 g/mol. The average molecular weight is 222 g/mol. The number of aromatic nitrogens is 1. The van der Waals surface area contributed by atoms with Gasteiger partial charge >= 0.3 is 0 Å². The van der Waals surface area contributed by atoms with Crippen LogP contribution in [0, 0.1) is 5.82 Å². The Morgan fingerprint density at radius 1 is 1.44 bits per heavy atom. The van der Waals surface area contributed by atoms with Crippen molar-refractivity contribution in [3.8, 4) is 17.1 Å². The van der Waals surface area contributed by atoms with Crippen molar-refractivity contribution in [3.63, 3.8) is 0 Å². The minimum Gasteiger partial charge on any atom is -0.491 e. The quantitative estimate of drug-likeness (QED) is 0.866. The highest BCUT2D eigenvalue weighted by molar-refractivity contribution is 5.61. The van der Waals surface area contributed by atoms with Crippen molar-refractivity contribution < 1.29 is 13.7 Å². The molecule has 1 aromatic carbocycles. The number of ether oxygens (including phenoxy) is 1. The number of nitrogen functional groups attached to an aromatic ring is 1. The van der Waals surface area contributed by atoms with Crippen molar-refractivity contribution in [2.75, 3.05) is 12.3 Å². The Labute approximate surface area is 91.8 Å². The first-order valence-corrected chi connectivity index (χ1v) is 4.85. The van der Waals surface area contributed by atoms with E-state index in [0.29, 0.717) is 17.9 Å². The van der Waals surface area contributed by atoms with Crippen LogP contribution in [0.25, 0.3) is 11.3 Å². The van der Waals surface area contributed by atoms with E-state index in [1.54, 1.807) is 19.1 Å². The van der Waals surface area contributed by atoms with E-state index in [-0.39, 0.29) is 11.6 Å². The molecule has 0 aliphatic heterocycles. The van der Waals surface area contributed by atoms with Crippen molar-refractivity contribution in [2.24, 2.45) is 0 Å². The summed E-state index contributed by atoms with van der Waals surface area (Å²) in [6.07, 6.45) is 0. The lowest BCUT2D eigenvalue weighted by Crippen LogP contribution is -1.94. The third-order valence-electron chi connectivity index (χ3n) is 2.04. The summed E-state index contributed by atoms with van der Waals surface area (Å²) in [4.78, 5) is 0. The van der Waals surface area contributed by atoms with E-state index in [0.717, 1.165) is 0 Å². The molecule has 4 nitrogen and oxygen atoms in total. The molecule has 2 rings (SSSR count). The van der Waals surface area contributed by atoms with Crippen LogP contribution < -0.4 is 10.5 Å². The van der Waals surface area contributed by atoms with Crippen LogP contribution in [-0.2, 0) is 0 Å². The van der Waals surface area contributed by atoms with E-state index in [1.807, 2.05) is 0 Å². The lowest BCUT2D eigenvalue weighted by molar-refractivity contribution is 0.321. The standard InChI is InChI=1S/C11H11FN2O2/c1-2-15-9-4-3-7(5-8(9)12)10-6-11(13)14-16-10/h3-6H,2H2,1H3,(H2,13,14). The molecule has 0 unspecified atom stereocenters. The van der Waals surface area contributed by atoms with Crippen LogP contribution in [0.4, 0.5) is 10.2 Å². The fourth-order valence-corrected chi connectivity index (χ4v) is 1.35. The second-order valence-corrected chi connectivity index (χ2v) is 3.19. The molecule has 0 aliphatic rings. The van der Waals surface area contributed by atoms with E-state index in [9.17, 15) is 4.39 Å². The number of nitrogens with zero attached hydrogens (tertiary/aromatic N) is 1. The molecule has 0 aliphatic carbocycles. The van der Waals surface area contributed by atoms with Gasteiger partial charge < -0.3 is 15.0 Å². The number of anilines is 1. The van der Waals surface area contributed by atoms with Crippen LogP contribution in [0.2, 0.25) is 0 Å². The van der Waals surface area contributed by atoms with Crippen LogP contribution in [0.3, 0.4) is 0 Å². The highest BCUT2D eigenvalue weighted by Crippen LogP contribution is 2.26. The van der Waals surface area contributed by atoms with Crippen LogP contribution in [0.1, 0.15) is 6.92 Å². The molecule has 0 amide bonds. The van der Waals surface area contributed by atoms with E-state index >= 15 is 0 Å². The summed E-state index contributed by atoms with van der Waals surface area (Å²) in [6, 6.07) is 6.10. The average Bonchev–Trinajstić information content (AvgIpc) is 2.68. The number of rotatable bonds is 3. The molecule has 16 heavy (non-hydrogen) atoms. The first-order valence-electron chi connectivity index (χ1n) is 4.85. The van der Waals surface area contributed by atoms with Crippen molar-refractivity contribution in [1.82, 2.24) is 5.16 Å². The van der Waals surface area contributed by atoms with Crippen molar-refractivity contribution in [3.05, 3.63) is 30.1 Å². The molecule has 2 aromatic rings. The zero-order valence-corrected chi connectivity index (χ0v) is 8.74. The Bertz CT molecular complexity index is 496. The lowest BCUT2D eigenvalue weighted by Gasteiger charge is -2.04. The molecule has 0 bridgehead atoms. The zero-order chi connectivity index (χ0) is 11.5. The maximum absolute atomic E-state index is 13.5. The Kier molecular flexibility index (Phi) is 2.76. The topological polar surface area (TPSA) is 61.3 Å². The van der Waals surface area contributed by atoms with Gasteiger partial charge in [-0.25, -0.2) is 4.39 Å². The molecule has 0 atom stereocenters. The molecular formula is C11H11FN2O2. The van der Waals surface area contributed by atoms with Crippen molar-refractivity contribution in [1.29, 1.82) is 0 Å². The van der Waals surface area contributed by atoms with Gasteiger partial charge in [0.15, 0.2) is 23.1 Å². The van der Waals surface area contributed by atoms with Crippen LogP contribution >= 0.6 is 0 Å². The molecular weight excluding hydrogens is 211 g/mol. The van der Waals surface area contributed by atoms with Gasteiger partial charge in [-0.05, 0) is 25.1 Å². The summed E-state index contributed by atoms with van der Waals surface area (Å²) in [6.45, 7) is 2.22. The number of halogens is 1. The van der Waals surface area contributed by atoms with Gasteiger partial charge in [0.05, 0.1) is 6.61 Å². The first-order chi connectivity index (χ1) is 7.70. The molecule has 2 N–H and O–H groups in total. The van der Waals surface area contributed by atoms with Crippen molar-refractivity contribution >= 4 is 5.82 Å². The zero-order valence-electron chi connectivity index (χ0n) is 8.74. The predicted molar refractivity (Wildman–Crippen MR) is 57.5 cm³/mol. The van der Waals surface area contributed by atoms with Crippen molar-refractivity contribution in [2.45, 2.75) is 6.92 Å². The summed E-state index contributed by atoms with van der Waals surface area (Å²) in [5.41, 5.74) is 5.98. The number of hydrogen-bond donors (Lipinski definition) is 1. The number of hydrogen-bond acceptors (Lipinski definition) is 4. The van der Waals surface area contributed by atoms with E-state index in [2.05, 4.69) is 5.16 Å². The molecule has 1 aromatic heterocycles. The van der Waals surface area contributed by atoms with Crippen LogP contribution in [0.5, 0.6) is 5.75 Å². The van der Waals surface area contributed by atoms with Gasteiger partial charge in [-0.1, -0.05) is 5.16 Å². The smallest absolute Gasteiger partial charge is 0.169 e. The summed E-state index contributed by atoms with van der Waals surface area (Å²) < 4.78 is 23.5. The second kappa shape index (κ2) is 4.22. The first kappa shape index (κ1) is 10.5. The third-order valence-corrected chi connectivity index (χ3v) is 2.04. The highest BCUT2D eigenvalue weighted by Gasteiger charge is 2.09. The minimum atomic E-state index is -0.436. The molecule has 84 valence electrons. The molecule has 0 radical (unpaired) electrons. The summed E-state index contributed by atoms with van der Waals surface area (Å²) in [5.74, 6) is 0.483. The highest BCUT2D eigenvalue weighted by atomic mass is 19.1. The second-order valence-electron chi connectivity index (χ2n) is 3.19. The minimum absolute atomic E-state index is 0.221. The van der Waals surface area contributed by atoms with E-state index in [1.165, 1.54) is 12.1 Å². The van der Waals surface area contributed by atoms with Gasteiger partial charge in [-0.2, -0.15) is 0 Å². The molecule has 0 fully saturated rings. The van der Waals surface area contributed by atoms with Gasteiger partial charge in [0.2, 0.25) is 0 Å². The Hall–Kier alpha value is -2.04. The lowest BCUT2D eigenvalue weighted by atomic mass is 10.1. The van der Waals surface area contributed by atoms with Gasteiger partial charge in [-0.3, -0.25) is 0 Å².